The van der Waals surface area contributed by atoms with Gasteiger partial charge >= 0.3 is 0 Å². The Hall–Kier alpha value is -1.95. The molecule has 1 aliphatic rings. The Balaban J connectivity index is 1.76. The van der Waals surface area contributed by atoms with Crippen LogP contribution in [0.2, 0.25) is 0 Å². The minimum Gasteiger partial charge on any atom is -0.350 e. The van der Waals surface area contributed by atoms with Gasteiger partial charge < -0.3 is 15.1 Å². The predicted octanol–water partition coefficient (Wildman–Crippen LogP) is 0.605. The van der Waals surface area contributed by atoms with E-state index in [4.69, 9.17) is 0 Å². The van der Waals surface area contributed by atoms with Crippen molar-refractivity contribution in [2.45, 2.75) is 33.2 Å². The fourth-order valence-electron chi connectivity index (χ4n) is 3.08. The van der Waals surface area contributed by atoms with E-state index >= 15 is 0 Å². The monoisotopic (exact) mass is 350 g/mol. The lowest BCUT2D eigenvalue weighted by atomic mass is 9.99. The van der Waals surface area contributed by atoms with Crippen LogP contribution in [0.5, 0.6) is 0 Å². The van der Waals surface area contributed by atoms with E-state index in [1.807, 2.05) is 6.92 Å². The summed E-state index contributed by atoms with van der Waals surface area (Å²) in [6, 6.07) is 6.01. The molecule has 1 fully saturated rings. The summed E-state index contributed by atoms with van der Waals surface area (Å²) in [5.41, 5.74) is 0.830. The maximum absolute atomic E-state index is 12.9. The lowest BCUT2D eigenvalue weighted by Gasteiger charge is -2.29. The zero-order valence-corrected chi connectivity index (χ0v) is 15.2. The molecule has 0 atom stereocenters. The van der Waals surface area contributed by atoms with E-state index in [0.717, 1.165) is 37.4 Å². The molecule has 0 radical (unpaired) electrons. The van der Waals surface area contributed by atoms with Gasteiger partial charge in [0.1, 0.15) is 5.82 Å². The van der Waals surface area contributed by atoms with E-state index in [0.29, 0.717) is 19.6 Å². The molecule has 1 aromatic carbocycles. The predicted molar refractivity (Wildman–Crippen MR) is 94.5 cm³/mol. The van der Waals surface area contributed by atoms with Crippen molar-refractivity contribution in [2.75, 3.05) is 32.7 Å². The molecule has 1 aliphatic heterocycles. The molecule has 6 heteroatoms. The van der Waals surface area contributed by atoms with Gasteiger partial charge in [0.05, 0.1) is 19.6 Å². The molecular formula is C19H29FN3O2+. The Morgan fingerprint density at radius 3 is 2.48 bits per heavy atom. The summed E-state index contributed by atoms with van der Waals surface area (Å²) in [5.74, 6) is 0.289. The van der Waals surface area contributed by atoms with Crippen LogP contribution in [0.1, 0.15) is 32.3 Å². The quantitative estimate of drug-likeness (QED) is 0.757. The third-order valence-electron chi connectivity index (χ3n) is 4.85. The number of nitrogens with one attached hydrogen (secondary N) is 2. The van der Waals surface area contributed by atoms with Gasteiger partial charge in [0.15, 0.2) is 6.54 Å². The van der Waals surface area contributed by atoms with Gasteiger partial charge in [0.25, 0.3) is 5.91 Å². The molecule has 0 unspecified atom stereocenters. The van der Waals surface area contributed by atoms with Crippen molar-refractivity contribution in [1.82, 2.24) is 10.2 Å². The molecule has 1 saturated heterocycles. The van der Waals surface area contributed by atoms with Crippen LogP contribution in [0, 0.1) is 11.7 Å². The summed E-state index contributed by atoms with van der Waals surface area (Å²) in [7, 11) is 0. The highest BCUT2D eigenvalue weighted by molar-refractivity contribution is 5.85. The largest absolute Gasteiger partial charge is 0.350 e. The van der Waals surface area contributed by atoms with E-state index in [-0.39, 0.29) is 24.2 Å². The van der Waals surface area contributed by atoms with Crippen LogP contribution in [0.4, 0.5) is 4.39 Å². The van der Waals surface area contributed by atoms with Crippen LogP contribution in [0.25, 0.3) is 0 Å². The minimum absolute atomic E-state index is 0.0315. The van der Waals surface area contributed by atoms with Crippen molar-refractivity contribution in [2.24, 2.45) is 5.92 Å². The first-order valence-electron chi connectivity index (χ1n) is 9.10. The zero-order chi connectivity index (χ0) is 18.2. The molecule has 138 valence electrons. The molecule has 5 nitrogen and oxygen atoms in total. The number of halogens is 1. The van der Waals surface area contributed by atoms with Crippen molar-refractivity contribution >= 4 is 11.8 Å². The second-order valence-corrected chi connectivity index (χ2v) is 6.92. The van der Waals surface area contributed by atoms with Crippen LogP contribution in [-0.2, 0) is 16.1 Å². The Labute approximate surface area is 149 Å². The van der Waals surface area contributed by atoms with Gasteiger partial charge in [-0.2, -0.15) is 0 Å². The van der Waals surface area contributed by atoms with Crippen LogP contribution >= 0.6 is 0 Å². The maximum Gasteiger partial charge on any atom is 0.278 e. The van der Waals surface area contributed by atoms with E-state index in [1.54, 1.807) is 17.0 Å². The van der Waals surface area contributed by atoms with E-state index < -0.39 is 0 Å². The third kappa shape index (κ3) is 6.46. The summed E-state index contributed by atoms with van der Waals surface area (Å²) in [6.07, 6.45) is 2.32. The molecule has 2 amide bonds. The van der Waals surface area contributed by atoms with Crippen molar-refractivity contribution in [3.05, 3.63) is 35.6 Å². The van der Waals surface area contributed by atoms with Gasteiger partial charge in [0, 0.05) is 13.1 Å². The first kappa shape index (κ1) is 19.4. The number of benzene rings is 1. The molecule has 2 rings (SSSR count). The van der Waals surface area contributed by atoms with Gasteiger partial charge in [0.2, 0.25) is 5.91 Å². The van der Waals surface area contributed by atoms with E-state index in [1.165, 1.54) is 17.0 Å². The fraction of sp³-hybridized carbons (Fsp3) is 0.579. The van der Waals surface area contributed by atoms with Gasteiger partial charge in [-0.15, -0.1) is 0 Å². The highest BCUT2D eigenvalue weighted by atomic mass is 19.1. The molecule has 0 aromatic heterocycles. The summed E-state index contributed by atoms with van der Waals surface area (Å²) < 4.78 is 12.9. The Kier molecular flexibility index (Phi) is 7.37. The highest BCUT2D eigenvalue weighted by Crippen LogP contribution is 2.06. The average molecular weight is 350 g/mol. The summed E-state index contributed by atoms with van der Waals surface area (Å²) >= 11 is 0. The van der Waals surface area contributed by atoms with E-state index in [9.17, 15) is 14.0 Å². The topological polar surface area (TPSA) is 53.9 Å². The van der Waals surface area contributed by atoms with Crippen molar-refractivity contribution in [1.29, 1.82) is 0 Å². The first-order chi connectivity index (χ1) is 12.0. The van der Waals surface area contributed by atoms with Gasteiger partial charge in [-0.3, -0.25) is 9.59 Å². The molecule has 25 heavy (non-hydrogen) atoms. The number of hydrogen-bond donors (Lipinski definition) is 2. The fourth-order valence-corrected chi connectivity index (χ4v) is 3.08. The summed E-state index contributed by atoms with van der Waals surface area (Å²) in [6.45, 7) is 7.59. The smallest absolute Gasteiger partial charge is 0.278 e. The van der Waals surface area contributed by atoms with Gasteiger partial charge in [-0.05, 0) is 43.4 Å². The molecule has 0 aliphatic carbocycles. The SMILES string of the molecule is CCN(CC(=O)NCc1ccc(F)cc1)C(=O)C[NH+]1CCC(C)CC1. The lowest BCUT2D eigenvalue weighted by Crippen LogP contribution is -3.14. The summed E-state index contributed by atoms with van der Waals surface area (Å²) in [5, 5.41) is 2.79. The number of piperidine rings is 1. The first-order valence-corrected chi connectivity index (χ1v) is 9.10. The number of quaternary nitrogens is 1. The number of hydrogen-bond acceptors (Lipinski definition) is 2. The normalized spacial score (nSPS) is 20.1. The Morgan fingerprint density at radius 1 is 1.24 bits per heavy atom. The molecule has 1 aromatic rings. The van der Waals surface area contributed by atoms with Crippen molar-refractivity contribution < 1.29 is 18.9 Å². The number of likely N-dealkylation sites (N-methyl/N-ethyl adjacent to an activating group) is 1. The maximum atomic E-state index is 12.9. The van der Waals surface area contributed by atoms with Gasteiger partial charge in [-0.1, -0.05) is 19.1 Å². The van der Waals surface area contributed by atoms with Crippen LogP contribution in [-0.4, -0.2) is 49.4 Å². The number of likely N-dealkylation sites (tertiary alicyclic amines) is 1. The highest BCUT2D eigenvalue weighted by Gasteiger charge is 2.24. The second-order valence-electron chi connectivity index (χ2n) is 6.92. The molecule has 0 spiro atoms. The van der Waals surface area contributed by atoms with Crippen LogP contribution < -0.4 is 10.2 Å². The van der Waals surface area contributed by atoms with Gasteiger partial charge in [-0.25, -0.2) is 4.39 Å². The zero-order valence-electron chi connectivity index (χ0n) is 15.2. The number of carbonyl (C=O) groups is 2. The minimum atomic E-state index is -0.299. The number of amides is 2. The standard InChI is InChI=1S/C19H28FN3O2/c1-3-23(19(25)14-22-10-8-15(2)9-11-22)13-18(24)21-12-16-4-6-17(20)7-5-16/h4-7,15H,3,8-14H2,1-2H3,(H,21,24)/p+1. The lowest BCUT2D eigenvalue weighted by molar-refractivity contribution is -0.898. The molecule has 0 saturated carbocycles. The molecule has 2 N–H and O–H groups in total. The number of carbonyl (C=O) groups excluding carboxylic acids is 2. The Bertz CT molecular complexity index is 569. The molecular weight excluding hydrogens is 321 g/mol. The molecule has 0 bridgehead atoms. The average Bonchev–Trinajstić information content (AvgIpc) is 2.61. The third-order valence-corrected chi connectivity index (χ3v) is 4.85. The van der Waals surface area contributed by atoms with Crippen LogP contribution in [0.15, 0.2) is 24.3 Å². The summed E-state index contributed by atoms with van der Waals surface area (Å²) in [4.78, 5) is 27.5. The second kappa shape index (κ2) is 9.51. The van der Waals surface area contributed by atoms with Crippen molar-refractivity contribution in [3.63, 3.8) is 0 Å². The van der Waals surface area contributed by atoms with Crippen molar-refractivity contribution in [3.8, 4) is 0 Å². The molecule has 1 heterocycles. The van der Waals surface area contributed by atoms with Crippen LogP contribution in [0.3, 0.4) is 0 Å². The number of nitrogens with zero attached hydrogens (tertiary/aromatic N) is 1. The van der Waals surface area contributed by atoms with E-state index in [2.05, 4.69) is 12.2 Å². The Morgan fingerprint density at radius 2 is 1.88 bits per heavy atom. The number of rotatable bonds is 7.